The third-order valence-corrected chi connectivity index (χ3v) is 6.13. The average molecular weight is 344 g/mol. The van der Waals surface area contributed by atoms with E-state index < -0.39 is 0 Å². The maximum absolute atomic E-state index is 12.7. The first-order valence-electron chi connectivity index (χ1n) is 8.72. The van der Waals surface area contributed by atoms with E-state index >= 15 is 0 Å². The molecule has 0 unspecified atom stereocenters. The minimum atomic E-state index is 0.147. The molecule has 0 spiro atoms. The molecule has 24 heavy (non-hydrogen) atoms. The standard InChI is InChI=1S/C18H24N4OS/c1-13-8-17(24-12-13)18(23)22-9-14-15(19-20(2)16(14)11-22)10-21-6-4-3-5-7-21/h8,12H,3-7,9-11H2,1-2H3. The predicted octanol–water partition coefficient (Wildman–Crippen LogP) is 2.93. The molecule has 2 aromatic heterocycles. The van der Waals surface area contributed by atoms with E-state index in [0.29, 0.717) is 13.1 Å². The lowest BCUT2D eigenvalue weighted by Gasteiger charge is -2.26. The zero-order valence-electron chi connectivity index (χ0n) is 14.4. The number of hydrogen-bond acceptors (Lipinski definition) is 4. The summed E-state index contributed by atoms with van der Waals surface area (Å²) in [4.78, 5) is 18.0. The van der Waals surface area contributed by atoms with Gasteiger partial charge >= 0.3 is 0 Å². The van der Waals surface area contributed by atoms with E-state index in [9.17, 15) is 4.79 Å². The fraction of sp³-hybridized carbons (Fsp3) is 0.556. The summed E-state index contributed by atoms with van der Waals surface area (Å²) in [7, 11) is 2.00. The third kappa shape index (κ3) is 2.89. The van der Waals surface area contributed by atoms with E-state index in [2.05, 4.69) is 4.90 Å². The summed E-state index contributed by atoms with van der Waals surface area (Å²) in [5.41, 5.74) is 4.79. The smallest absolute Gasteiger partial charge is 0.264 e. The molecule has 4 heterocycles. The van der Waals surface area contributed by atoms with Gasteiger partial charge in [0.2, 0.25) is 0 Å². The Kier molecular flexibility index (Phi) is 4.18. The van der Waals surface area contributed by atoms with Crippen LogP contribution >= 0.6 is 11.3 Å². The summed E-state index contributed by atoms with van der Waals surface area (Å²) in [6.07, 6.45) is 3.92. The Bertz CT molecular complexity index is 757. The predicted molar refractivity (Wildman–Crippen MR) is 95.0 cm³/mol. The van der Waals surface area contributed by atoms with Gasteiger partial charge in [0.05, 0.1) is 29.4 Å². The Hall–Kier alpha value is -1.66. The average Bonchev–Trinajstić information content (AvgIpc) is 3.26. The minimum absolute atomic E-state index is 0.147. The summed E-state index contributed by atoms with van der Waals surface area (Å²) in [5.74, 6) is 0.147. The zero-order valence-corrected chi connectivity index (χ0v) is 15.2. The Morgan fingerprint density at radius 1 is 1.25 bits per heavy atom. The summed E-state index contributed by atoms with van der Waals surface area (Å²) in [6.45, 7) is 6.66. The molecule has 1 amide bonds. The molecule has 0 atom stereocenters. The lowest BCUT2D eigenvalue weighted by Crippen LogP contribution is -2.30. The number of rotatable bonds is 3. The fourth-order valence-electron chi connectivity index (χ4n) is 3.77. The largest absolute Gasteiger partial charge is 0.328 e. The van der Waals surface area contributed by atoms with Gasteiger partial charge in [-0.15, -0.1) is 11.3 Å². The lowest BCUT2D eigenvalue weighted by molar-refractivity contribution is 0.0752. The van der Waals surface area contributed by atoms with Crippen molar-refractivity contribution in [1.82, 2.24) is 19.6 Å². The number of amides is 1. The van der Waals surface area contributed by atoms with E-state index in [1.807, 2.05) is 35.0 Å². The normalized spacial score (nSPS) is 18.2. The van der Waals surface area contributed by atoms with Crippen molar-refractivity contribution in [2.75, 3.05) is 13.1 Å². The highest BCUT2D eigenvalue weighted by Gasteiger charge is 2.31. The van der Waals surface area contributed by atoms with Gasteiger partial charge in [0.1, 0.15) is 0 Å². The monoisotopic (exact) mass is 344 g/mol. The van der Waals surface area contributed by atoms with Crippen LogP contribution in [-0.2, 0) is 26.7 Å². The molecule has 2 aliphatic heterocycles. The molecule has 6 heteroatoms. The van der Waals surface area contributed by atoms with Crippen molar-refractivity contribution >= 4 is 17.2 Å². The molecule has 128 valence electrons. The Labute approximate surface area is 146 Å². The van der Waals surface area contributed by atoms with Gasteiger partial charge in [0, 0.05) is 19.2 Å². The summed E-state index contributed by atoms with van der Waals surface area (Å²) < 4.78 is 1.97. The van der Waals surface area contributed by atoms with Gasteiger partial charge in [-0.05, 0) is 49.9 Å². The van der Waals surface area contributed by atoms with Gasteiger partial charge in [0.25, 0.3) is 5.91 Å². The molecule has 0 aromatic carbocycles. The first kappa shape index (κ1) is 15.8. The van der Waals surface area contributed by atoms with E-state index in [1.165, 1.54) is 43.6 Å². The van der Waals surface area contributed by atoms with Crippen LogP contribution in [-0.4, -0.2) is 38.6 Å². The van der Waals surface area contributed by atoms with Crippen molar-refractivity contribution in [2.24, 2.45) is 7.05 Å². The third-order valence-electron chi connectivity index (χ3n) is 5.10. The Balaban J connectivity index is 1.51. The highest BCUT2D eigenvalue weighted by Crippen LogP contribution is 2.29. The number of carbonyl (C=O) groups excluding carboxylic acids is 1. The second-order valence-electron chi connectivity index (χ2n) is 6.98. The van der Waals surface area contributed by atoms with Crippen molar-refractivity contribution in [3.05, 3.63) is 38.8 Å². The van der Waals surface area contributed by atoms with Gasteiger partial charge in [-0.2, -0.15) is 5.10 Å². The fourth-order valence-corrected chi connectivity index (χ4v) is 4.64. The summed E-state index contributed by atoms with van der Waals surface area (Å²) in [5, 5.41) is 6.78. The Morgan fingerprint density at radius 3 is 2.75 bits per heavy atom. The van der Waals surface area contributed by atoms with Crippen LogP contribution in [0.2, 0.25) is 0 Å². The van der Waals surface area contributed by atoms with Gasteiger partial charge < -0.3 is 4.90 Å². The zero-order chi connectivity index (χ0) is 16.7. The molecule has 2 aromatic rings. The van der Waals surface area contributed by atoms with Crippen LogP contribution in [0.25, 0.3) is 0 Å². The number of hydrogen-bond donors (Lipinski definition) is 0. The molecule has 2 aliphatic rings. The number of thiophene rings is 1. The van der Waals surface area contributed by atoms with Crippen LogP contribution in [0.3, 0.4) is 0 Å². The molecular formula is C18H24N4OS. The molecule has 0 N–H and O–H groups in total. The van der Waals surface area contributed by atoms with Crippen molar-refractivity contribution in [3.63, 3.8) is 0 Å². The topological polar surface area (TPSA) is 41.4 Å². The van der Waals surface area contributed by atoms with Gasteiger partial charge in [-0.25, -0.2) is 0 Å². The van der Waals surface area contributed by atoms with Crippen LogP contribution in [0.4, 0.5) is 0 Å². The molecule has 0 bridgehead atoms. The van der Waals surface area contributed by atoms with E-state index in [1.54, 1.807) is 11.3 Å². The minimum Gasteiger partial charge on any atom is -0.328 e. The molecule has 0 radical (unpaired) electrons. The highest BCUT2D eigenvalue weighted by atomic mass is 32.1. The number of aryl methyl sites for hydroxylation is 2. The van der Waals surface area contributed by atoms with Crippen LogP contribution in [0.5, 0.6) is 0 Å². The first-order valence-corrected chi connectivity index (χ1v) is 9.60. The van der Waals surface area contributed by atoms with Crippen LogP contribution < -0.4 is 0 Å². The van der Waals surface area contributed by atoms with Gasteiger partial charge in [-0.3, -0.25) is 14.4 Å². The maximum atomic E-state index is 12.7. The van der Waals surface area contributed by atoms with Crippen LogP contribution in [0.15, 0.2) is 11.4 Å². The summed E-state index contributed by atoms with van der Waals surface area (Å²) >= 11 is 1.54. The molecule has 5 nitrogen and oxygen atoms in total. The van der Waals surface area contributed by atoms with Crippen molar-refractivity contribution in [1.29, 1.82) is 0 Å². The molecular weight excluding hydrogens is 320 g/mol. The Morgan fingerprint density at radius 2 is 2.04 bits per heavy atom. The molecule has 0 saturated carbocycles. The highest BCUT2D eigenvalue weighted by molar-refractivity contribution is 7.12. The van der Waals surface area contributed by atoms with Gasteiger partial charge in [-0.1, -0.05) is 6.42 Å². The molecule has 1 fully saturated rings. The number of carbonyl (C=O) groups is 1. The molecule has 4 rings (SSSR count). The SMILES string of the molecule is Cc1csc(C(=O)N2Cc3c(CN4CCCCC4)nn(C)c3C2)c1. The number of likely N-dealkylation sites (tertiary alicyclic amines) is 1. The van der Waals surface area contributed by atoms with Crippen molar-refractivity contribution in [3.8, 4) is 0 Å². The van der Waals surface area contributed by atoms with E-state index in [0.717, 1.165) is 22.7 Å². The number of aromatic nitrogens is 2. The number of fused-ring (bicyclic) bond motifs is 1. The van der Waals surface area contributed by atoms with Crippen molar-refractivity contribution in [2.45, 2.75) is 45.8 Å². The van der Waals surface area contributed by atoms with Crippen LogP contribution in [0.1, 0.15) is 51.4 Å². The van der Waals surface area contributed by atoms with E-state index in [4.69, 9.17) is 5.10 Å². The second kappa shape index (κ2) is 6.33. The molecule has 0 aliphatic carbocycles. The lowest BCUT2D eigenvalue weighted by atomic mass is 10.1. The van der Waals surface area contributed by atoms with E-state index in [-0.39, 0.29) is 5.91 Å². The first-order chi connectivity index (χ1) is 11.6. The maximum Gasteiger partial charge on any atom is 0.264 e. The number of nitrogens with zero attached hydrogens (tertiary/aromatic N) is 4. The summed E-state index contributed by atoms with van der Waals surface area (Å²) in [6, 6.07) is 1.99. The van der Waals surface area contributed by atoms with Crippen LogP contribution in [0, 0.1) is 6.92 Å². The molecule has 1 saturated heterocycles. The number of piperidine rings is 1. The quantitative estimate of drug-likeness (QED) is 0.860. The van der Waals surface area contributed by atoms with Gasteiger partial charge in [0.15, 0.2) is 0 Å². The van der Waals surface area contributed by atoms with Crippen molar-refractivity contribution < 1.29 is 4.79 Å². The second-order valence-corrected chi connectivity index (χ2v) is 7.89.